The fourth-order valence-electron chi connectivity index (χ4n) is 2.58. The monoisotopic (exact) mass is 362 g/mol. The number of hydrazone groups is 1. The highest BCUT2D eigenvalue weighted by Gasteiger charge is 2.13. The Bertz CT molecular complexity index is 961. The van der Waals surface area contributed by atoms with Crippen molar-refractivity contribution in [2.75, 3.05) is 0 Å². The molecule has 136 valence electrons. The fraction of sp³-hybridized carbons (Fsp3) is 0.0952. The molecule has 1 amide bonds. The van der Waals surface area contributed by atoms with Gasteiger partial charge < -0.3 is 9.52 Å². The van der Waals surface area contributed by atoms with Crippen molar-refractivity contribution in [1.29, 1.82) is 0 Å². The molecule has 2 aromatic carbocycles. The zero-order valence-electron chi connectivity index (χ0n) is 14.5. The summed E-state index contributed by atoms with van der Waals surface area (Å²) in [5, 5.41) is 13.1. The summed E-state index contributed by atoms with van der Waals surface area (Å²) in [6, 6.07) is 19.6. The molecule has 2 N–H and O–H groups in total. The number of carboxylic acid groups (broad SMARTS) is 1. The van der Waals surface area contributed by atoms with Crippen LogP contribution in [-0.4, -0.2) is 23.2 Å². The van der Waals surface area contributed by atoms with Crippen molar-refractivity contribution in [1.82, 2.24) is 5.43 Å². The van der Waals surface area contributed by atoms with Crippen molar-refractivity contribution in [3.05, 3.63) is 83.6 Å². The van der Waals surface area contributed by atoms with Crippen molar-refractivity contribution in [2.24, 2.45) is 5.10 Å². The number of hydrogen-bond acceptors (Lipinski definition) is 4. The van der Waals surface area contributed by atoms with Crippen LogP contribution in [0, 0.1) is 0 Å². The Morgan fingerprint density at radius 1 is 1.00 bits per heavy atom. The molecule has 0 saturated heterocycles. The molecular formula is C21H18N2O4. The molecule has 6 nitrogen and oxygen atoms in total. The van der Waals surface area contributed by atoms with Crippen LogP contribution in [0.5, 0.6) is 0 Å². The lowest BCUT2D eigenvalue weighted by Crippen LogP contribution is -2.17. The van der Waals surface area contributed by atoms with Crippen molar-refractivity contribution in [2.45, 2.75) is 12.8 Å². The molecule has 1 heterocycles. The van der Waals surface area contributed by atoms with E-state index in [4.69, 9.17) is 4.42 Å². The zero-order chi connectivity index (χ0) is 19.1. The quantitative estimate of drug-likeness (QED) is 0.495. The van der Waals surface area contributed by atoms with Gasteiger partial charge in [0, 0.05) is 12.0 Å². The summed E-state index contributed by atoms with van der Waals surface area (Å²) < 4.78 is 5.61. The highest BCUT2D eigenvalue weighted by atomic mass is 16.4. The van der Waals surface area contributed by atoms with Gasteiger partial charge in [0.2, 0.25) is 5.91 Å². The Morgan fingerprint density at radius 3 is 2.52 bits per heavy atom. The number of furan rings is 1. The van der Waals surface area contributed by atoms with E-state index in [0.717, 1.165) is 5.56 Å². The molecule has 0 unspecified atom stereocenters. The third kappa shape index (κ3) is 4.92. The standard InChI is InChI=1S/C21H18N2O4/c24-20(13-10-15-6-2-1-3-7-15)23-22-14-16-11-12-19(27-16)17-8-4-5-9-18(17)21(25)26/h1-9,11-12,14H,10,13H2,(H,23,24)(H,25,26)/b22-14-. The number of amides is 1. The summed E-state index contributed by atoms with van der Waals surface area (Å²) in [6.45, 7) is 0. The number of carbonyl (C=O) groups is 2. The number of rotatable bonds is 7. The summed E-state index contributed by atoms with van der Waals surface area (Å²) >= 11 is 0. The van der Waals surface area contributed by atoms with Gasteiger partial charge in [-0.25, -0.2) is 10.2 Å². The van der Waals surface area contributed by atoms with E-state index in [2.05, 4.69) is 10.5 Å². The second-order valence-corrected chi connectivity index (χ2v) is 5.83. The molecule has 0 saturated carbocycles. The van der Waals surface area contributed by atoms with Crippen LogP contribution in [0.3, 0.4) is 0 Å². The van der Waals surface area contributed by atoms with E-state index >= 15 is 0 Å². The van der Waals surface area contributed by atoms with Crippen molar-refractivity contribution < 1.29 is 19.1 Å². The molecule has 0 spiro atoms. The third-order valence-electron chi connectivity index (χ3n) is 3.91. The maximum atomic E-state index is 11.8. The number of benzene rings is 2. The first-order chi connectivity index (χ1) is 13.1. The SMILES string of the molecule is O=C(CCc1ccccc1)N/N=C\c1ccc(-c2ccccc2C(=O)O)o1. The van der Waals surface area contributed by atoms with Crippen LogP contribution < -0.4 is 5.43 Å². The molecule has 3 rings (SSSR count). The molecule has 0 fully saturated rings. The molecule has 0 radical (unpaired) electrons. The van der Waals surface area contributed by atoms with E-state index in [1.165, 1.54) is 12.3 Å². The first kappa shape index (κ1) is 18.1. The molecule has 0 aliphatic carbocycles. The Morgan fingerprint density at radius 2 is 1.74 bits per heavy atom. The Balaban J connectivity index is 1.58. The topological polar surface area (TPSA) is 91.9 Å². The van der Waals surface area contributed by atoms with Gasteiger partial charge in [-0.1, -0.05) is 48.5 Å². The molecule has 0 aliphatic rings. The van der Waals surface area contributed by atoms with E-state index < -0.39 is 5.97 Å². The molecule has 3 aromatic rings. The average molecular weight is 362 g/mol. The van der Waals surface area contributed by atoms with Gasteiger partial charge in [-0.2, -0.15) is 5.10 Å². The number of aromatic carboxylic acids is 1. The van der Waals surface area contributed by atoms with Crippen LogP contribution in [0.15, 0.2) is 76.2 Å². The van der Waals surface area contributed by atoms with Crippen LogP contribution >= 0.6 is 0 Å². The Kier molecular flexibility index (Phi) is 5.79. The van der Waals surface area contributed by atoms with Gasteiger partial charge in [0.25, 0.3) is 0 Å². The van der Waals surface area contributed by atoms with Gasteiger partial charge in [0.05, 0.1) is 11.8 Å². The molecule has 0 aliphatic heterocycles. The first-order valence-electron chi connectivity index (χ1n) is 8.42. The number of aryl methyl sites for hydroxylation is 1. The first-order valence-corrected chi connectivity index (χ1v) is 8.42. The van der Waals surface area contributed by atoms with Gasteiger partial charge in [0.1, 0.15) is 11.5 Å². The minimum Gasteiger partial charge on any atom is -0.478 e. The number of nitrogens with zero attached hydrogens (tertiary/aromatic N) is 1. The maximum absolute atomic E-state index is 11.8. The van der Waals surface area contributed by atoms with Gasteiger partial charge in [0.15, 0.2) is 0 Å². The van der Waals surface area contributed by atoms with E-state index in [0.29, 0.717) is 29.9 Å². The highest BCUT2D eigenvalue weighted by molar-refractivity contribution is 5.95. The summed E-state index contributed by atoms with van der Waals surface area (Å²) in [7, 11) is 0. The molecule has 0 atom stereocenters. The lowest BCUT2D eigenvalue weighted by molar-refractivity contribution is -0.121. The predicted molar refractivity (Wildman–Crippen MR) is 102 cm³/mol. The number of hydrogen-bond donors (Lipinski definition) is 2. The molecule has 27 heavy (non-hydrogen) atoms. The van der Waals surface area contributed by atoms with Gasteiger partial charge in [-0.15, -0.1) is 0 Å². The van der Waals surface area contributed by atoms with E-state index in [1.54, 1.807) is 30.3 Å². The minimum atomic E-state index is -1.03. The second-order valence-electron chi connectivity index (χ2n) is 5.83. The van der Waals surface area contributed by atoms with E-state index in [-0.39, 0.29) is 11.5 Å². The second kappa shape index (κ2) is 8.62. The number of carboxylic acids is 1. The van der Waals surface area contributed by atoms with Crippen molar-refractivity contribution >= 4 is 18.1 Å². The van der Waals surface area contributed by atoms with Crippen LogP contribution in [0.2, 0.25) is 0 Å². The lowest BCUT2D eigenvalue weighted by atomic mass is 10.1. The van der Waals surface area contributed by atoms with Crippen LogP contribution in [0.25, 0.3) is 11.3 Å². The van der Waals surface area contributed by atoms with Crippen LogP contribution in [-0.2, 0) is 11.2 Å². The van der Waals surface area contributed by atoms with Crippen LogP contribution in [0.4, 0.5) is 0 Å². The predicted octanol–water partition coefficient (Wildman–Crippen LogP) is 3.73. The van der Waals surface area contributed by atoms with Gasteiger partial charge in [-0.05, 0) is 30.2 Å². The van der Waals surface area contributed by atoms with Gasteiger partial charge >= 0.3 is 5.97 Å². The minimum absolute atomic E-state index is 0.157. The zero-order valence-corrected chi connectivity index (χ0v) is 14.5. The van der Waals surface area contributed by atoms with Gasteiger partial charge in [-0.3, -0.25) is 4.79 Å². The molecule has 0 bridgehead atoms. The summed E-state index contributed by atoms with van der Waals surface area (Å²) in [6.07, 6.45) is 2.35. The molecule has 1 aromatic heterocycles. The average Bonchev–Trinajstić information content (AvgIpc) is 3.16. The largest absolute Gasteiger partial charge is 0.478 e. The normalized spacial score (nSPS) is 10.8. The Labute approximate surface area is 156 Å². The van der Waals surface area contributed by atoms with Crippen molar-refractivity contribution in [3.8, 4) is 11.3 Å². The lowest BCUT2D eigenvalue weighted by Gasteiger charge is -2.02. The van der Waals surface area contributed by atoms with Crippen LogP contribution in [0.1, 0.15) is 28.1 Å². The summed E-state index contributed by atoms with van der Waals surface area (Å²) in [4.78, 5) is 23.1. The summed E-state index contributed by atoms with van der Waals surface area (Å²) in [5.74, 6) is -0.389. The summed E-state index contributed by atoms with van der Waals surface area (Å²) in [5.41, 5.74) is 4.18. The van der Waals surface area contributed by atoms with E-state index in [9.17, 15) is 14.7 Å². The number of carbonyl (C=O) groups excluding carboxylic acids is 1. The highest BCUT2D eigenvalue weighted by Crippen LogP contribution is 2.25. The molecule has 6 heteroatoms. The fourth-order valence-corrected chi connectivity index (χ4v) is 2.58. The number of nitrogens with one attached hydrogen (secondary N) is 1. The maximum Gasteiger partial charge on any atom is 0.336 e. The third-order valence-corrected chi connectivity index (χ3v) is 3.91. The van der Waals surface area contributed by atoms with E-state index in [1.807, 2.05) is 30.3 Å². The molecular weight excluding hydrogens is 344 g/mol. The Hall–Kier alpha value is -3.67. The smallest absolute Gasteiger partial charge is 0.336 e. The van der Waals surface area contributed by atoms with Crippen molar-refractivity contribution in [3.63, 3.8) is 0 Å².